The van der Waals surface area contributed by atoms with Crippen LogP contribution in [0.4, 0.5) is 4.79 Å². The van der Waals surface area contributed by atoms with Gasteiger partial charge in [-0.05, 0) is 41.5 Å². The van der Waals surface area contributed by atoms with Crippen LogP contribution in [0.15, 0.2) is 0 Å². The summed E-state index contributed by atoms with van der Waals surface area (Å²) in [6.07, 6.45) is -0.211. The van der Waals surface area contributed by atoms with Gasteiger partial charge in [0.25, 0.3) is 0 Å². The Bertz CT molecular complexity index is 303. The lowest BCUT2D eigenvalue weighted by Crippen LogP contribution is -2.51. The number of ether oxygens (including phenoxy) is 1. The molecule has 1 aliphatic rings. The number of rotatable bonds is 6. The van der Waals surface area contributed by atoms with Crippen molar-refractivity contribution in [3.05, 3.63) is 0 Å². The first-order valence-electron chi connectivity index (χ1n) is 8.25. The van der Waals surface area contributed by atoms with Crippen LogP contribution in [0.25, 0.3) is 0 Å². The van der Waals surface area contributed by atoms with Crippen LogP contribution in [0.3, 0.4) is 0 Å². The summed E-state index contributed by atoms with van der Waals surface area (Å²) in [4.78, 5) is 18.6. The maximum Gasteiger partial charge on any atom is 0.410 e. The Labute approximate surface area is 130 Å². The van der Waals surface area contributed by atoms with Crippen molar-refractivity contribution < 1.29 is 9.53 Å². The lowest BCUT2D eigenvalue weighted by molar-refractivity contribution is 0.0531. The van der Waals surface area contributed by atoms with Gasteiger partial charge in [-0.1, -0.05) is 0 Å². The smallest absolute Gasteiger partial charge is 0.410 e. The fourth-order valence-corrected chi connectivity index (χ4v) is 2.80. The standard InChI is InChI=1S/C16H33N3O2/c1-13(2)19(14(3)4)12-9-17-7-10-18(11-8-17)16(20)21-15(5)6/h13-15H,7-12H2,1-6H3. The molecule has 21 heavy (non-hydrogen) atoms. The van der Waals surface area contributed by atoms with E-state index in [9.17, 15) is 4.79 Å². The van der Waals surface area contributed by atoms with Gasteiger partial charge in [0, 0.05) is 51.4 Å². The number of amides is 1. The van der Waals surface area contributed by atoms with Gasteiger partial charge in [0.05, 0.1) is 6.10 Å². The van der Waals surface area contributed by atoms with Crippen molar-refractivity contribution in [3.63, 3.8) is 0 Å². The Hall–Kier alpha value is -0.810. The third-order valence-corrected chi connectivity index (χ3v) is 3.97. The third-order valence-electron chi connectivity index (χ3n) is 3.97. The topological polar surface area (TPSA) is 36.0 Å². The van der Waals surface area contributed by atoms with E-state index in [1.165, 1.54) is 0 Å². The lowest BCUT2D eigenvalue weighted by Gasteiger charge is -2.37. The van der Waals surface area contributed by atoms with Gasteiger partial charge in [0.15, 0.2) is 0 Å². The first-order chi connectivity index (χ1) is 9.81. The monoisotopic (exact) mass is 299 g/mol. The summed E-state index contributed by atoms with van der Waals surface area (Å²) in [7, 11) is 0. The van der Waals surface area contributed by atoms with E-state index in [1.54, 1.807) is 0 Å². The lowest BCUT2D eigenvalue weighted by atomic mass is 10.2. The molecule has 124 valence electrons. The molecule has 0 spiro atoms. The van der Waals surface area contributed by atoms with Crippen LogP contribution in [0, 0.1) is 0 Å². The highest BCUT2D eigenvalue weighted by Gasteiger charge is 2.23. The first-order valence-corrected chi connectivity index (χ1v) is 8.25. The van der Waals surface area contributed by atoms with Crippen LogP contribution in [0.1, 0.15) is 41.5 Å². The molecule has 1 amide bonds. The number of carbonyl (C=O) groups excluding carboxylic acids is 1. The van der Waals surface area contributed by atoms with Crippen molar-refractivity contribution >= 4 is 6.09 Å². The SMILES string of the molecule is CC(C)OC(=O)N1CCN(CCN(C(C)C)C(C)C)CC1. The zero-order chi connectivity index (χ0) is 16.0. The summed E-state index contributed by atoms with van der Waals surface area (Å²) in [5.74, 6) is 0. The molecule has 0 radical (unpaired) electrons. The Morgan fingerprint density at radius 3 is 1.95 bits per heavy atom. The summed E-state index contributed by atoms with van der Waals surface area (Å²) >= 11 is 0. The summed E-state index contributed by atoms with van der Waals surface area (Å²) < 4.78 is 5.25. The van der Waals surface area contributed by atoms with Gasteiger partial charge in [0.2, 0.25) is 0 Å². The Morgan fingerprint density at radius 2 is 1.52 bits per heavy atom. The fraction of sp³-hybridized carbons (Fsp3) is 0.938. The highest BCUT2D eigenvalue weighted by atomic mass is 16.6. The Kier molecular flexibility index (Phi) is 7.46. The number of nitrogens with zero attached hydrogens (tertiary/aromatic N) is 3. The van der Waals surface area contributed by atoms with Crippen LogP contribution in [-0.2, 0) is 4.74 Å². The Balaban J connectivity index is 2.31. The molecule has 1 rings (SSSR count). The largest absolute Gasteiger partial charge is 0.447 e. The van der Waals surface area contributed by atoms with Gasteiger partial charge in [-0.2, -0.15) is 0 Å². The minimum absolute atomic E-state index is 0.0406. The van der Waals surface area contributed by atoms with E-state index in [0.29, 0.717) is 12.1 Å². The van der Waals surface area contributed by atoms with Gasteiger partial charge >= 0.3 is 6.09 Å². The van der Waals surface area contributed by atoms with Crippen molar-refractivity contribution in [2.24, 2.45) is 0 Å². The first kappa shape index (κ1) is 18.2. The van der Waals surface area contributed by atoms with Crippen molar-refractivity contribution in [2.45, 2.75) is 59.7 Å². The van der Waals surface area contributed by atoms with E-state index in [-0.39, 0.29) is 12.2 Å². The summed E-state index contributed by atoms with van der Waals surface area (Å²) in [5.41, 5.74) is 0. The average Bonchev–Trinajstić information content (AvgIpc) is 2.38. The molecule has 0 saturated carbocycles. The third kappa shape index (κ3) is 6.22. The molecule has 1 aliphatic heterocycles. The van der Waals surface area contributed by atoms with Crippen LogP contribution in [0.5, 0.6) is 0 Å². The van der Waals surface area contributed by atoms with Gasteiger partial charge in [-0.3, -0.25) is 9.80 Å². The highest BCUT2D eigenvalue weighted by Crippen LogP contribution is 2.08. The zero-order valence-corrected chi connectivity index (χ0v) is 14.6. The number of hydrogen-bond donors (Lipinski definition) is 0. The summed E-state index contributed by atoms with van der Waals surface area (Å²) in [6.45, 7) is 18.4. The molecule has 0 atom stereocenters. The van der Waals surface area contributed by atoms with Gasteiger partial charge in [-0.15, -0.1) is 0 Å². The molecule has 1 heterocycles. The number of piperazine rings is 1. The summed E-state index contributed by atoms with van der Waals surface area (Å²) in [6, 6.07) is 1.15. The van der Waals surface area contributed by atoms with Crippen LogP contribution in [0.2, 0.25) is 0 Å². The van der Waals surface area contributed by atoms with E-state index >= 15 is 0 Å². The molecule has 0 aromatic heterocycles. The van der Waals surface area contributed by atoms with Gasteiger partial charge in [0.1, 0.15) is 0 Å². The second kappa shape index (κ2) is 8.59. The fourth-order valence-electron chi connectivity index (χ4n) is 2.80. The maximum absolute atomic E-state index is 11.8. The molecular formula is C16H33N3O2. The second-order valence-corrected chi connectivity index (χ2v) is 6.69. The molecular weight excluding hydrogens is 266 g/mol. The van der Waals surface area contributed by atoms with Crippen LogP contribution in [-0.4, -0.2) is 78.2 Å². The molecule has 5 nitrogen and oxygen atoms in total. The van der Waals surface area contributed by atoms with E-state index in [0.717, 1.165) is 39.3 Å². The predicted octanol–water partition coefficient (Wildman–Crippen LogP) is 2.27. The molecule has 0 aliphatic carbocycles. The maximum atomic E-state index is 11.8. The van der Waals surface area contributed by atoms with E-state index in [1.807, 2.05) is 18.7 Å². The summed E-state index contributed by atoms with van der Waals surface area (Å²) in [5, 5.41) is 0. The second-order valence-electron chi connectivity index (χ2n) is 6.69. The van der Waals surface area contributed by atoms with Crippen LogP contribution < -0.4 is 0 Å². The molecule has 0 aromatic carbocycles. The van der Waals surface area contributed by atoms with Crippen molar-refractivity contribution in [1.29, 1.82) is 0 Å². The Morgan fingerprint density at radius 1 is 1.00 bits per heavy atom. The average molecular weight is 299 g/mol. The molecule has 1 fully saturated rings. The number of carbonyl (C=O) groups is 1. The van der Waals surface area contributed by atoms with Gasteiger partial charge < -0.3 is 9.64 Å². The predicted molar refractivity (Wildman–Crippen MR) is 86.6 cm³/mol. The zero-order valence-electron chi connectivity index (χ0n) is 14.6. The molecule has 1 saturated heterocycles. The minimum atomic E-state index is -0.171. The highest BCUT2D eigenvalue weighted by molar-refractivity contribution is 5.67. The van der Waals surface area contributed by atoms with Gasteiger partial charge in [-0.25, -0.2) is 4.79 Å². The van der Waals surface area contributed by atoms with Crippen molar-refractivity contribution in [1.82, 2.24) is 14.7 Å². The van der Waals surface area contributed by atoms with Crippen LogP contribution >= 0.6 is 0 Å². The molecule has 0 N–H and O–H groups in total. The molecule has 0 unspecified atom stereocenters. The normalized spacial score (nSPS) is 17.3. The molecule has 0 aromatic rings. The minimum Gasteiger partial charge on any atom is -0.447 e. The number of hydrogen-bond acceptors (Lipinski definition) is 4. The van der Waals surface area contributed by atoms with Crippen molar-refractivity contribution in [2.75, 3.05) is 39.3 Å². The van der Waals surface area contributed by atoms with E-state index in [4.69, 9.17) is 4.74 Å². The quantitative estimate of drug-likeness (QED) is 0.754. The van der Waals surface area contributed by atoms with Crippen molar-refractivity contribution in [3.8, 4) is 0 Å². The van der Waals surface area contributed by atoms with E-state index in [2.05, 4.69) is 37.5 Å². The molecule has 0 bridgehead atoms. The van der Waals surface area contributed by atoms with E-state index < -0.39 is 0 Å². The molecule has 5 heteroatoms.